The van der Waals surface area contributed by atoms with Crippen LogP contribution >= 0.6 is 0 Å². The van der Waals surface area contributed by atoms with E-state index in [1.54, 1.807) is 0 Å². The first kappa shape index (κ1) is 14.3. The first-order valence-corrected chi connectivity index (χ1v) is 6.57. The largest absolute Gasteiger partial charge is 0.389 e. The Bertz CT molecular complexity index is 421. The Morgan fingerprint density at radius 3 is 2.21 bits per heavy atom. The molecule has 0 bridgehead atoms. The molecule has 19 heavy (non-hydrogen) atoms. The van der Waals surface area contributed by atoms with Gasteiger partial charge in [-0.25, -0.2) is 13.2 Å². The summed E-state index contributed by atoms with van der Waals surface area (Å²) in [7, 11) is 0. The van der Waals surface area contributed by atoms with E-state index < -0.39 is 23.1 Å². The van der Waals surface area contributed by atoms with Crippen LogP contribution in [-0.2, 0) is 6.54 Å². The molecule has 0 amide bonds. The summed E-state index contributed by atoms with van der Waals surface area (Å²) in [4.78, 5) is 0. The predicted octanol–water partition coefficient (Wildman–Crippen LogP) is 2.89. The molecule has 2 nitrogen and oxygen atoms in total. The number of rotatable bonds is 4. The third kappa shape index (κ3) is 3.70. The summed E-state index contributed by atoms with van der Waals surface area (Å²) in [6.07, 6.45) is 4.62. The maximum Gasteiger partial charge on any atom is 0.194 e. The van der Waals surface area contributed by atoms with E-state index >= 15 is 0 Å². The van der Waals surface area contributed by atoms with Gasteiger partial charge < -0.3 is 10.4 Å². The van der Waals surface area contributed by atoms with E-state index in [0.29, 0.717) is 12.1 Å². The minimum absolute atomic E-state index is 0.205. The van der Waals surface area contributed by atoms with Gasteiger partial charge in [0.25, 0.3) is 0 Å². The molecule has 2 N–H and O–H groups in total. The molecule has 0 aromatic heterocycles. The molecular formula is C14H18F3NO. The fraction of sp³-hybridized carbons (Fsp3) is 0.571. The van der Waals surface area contributed by atoms with Crippen LogP contribution in [0.15, 0.2) is 12.1 Å². The minimum Gasteiger partial charge on any atom is -0.389 e. The Morgan fingerprint density at radius 1 is 1.05 bits per heavy atom. The Morgan fingerprint density at radius 2 is 1.63 bits per heavy atom. The monoisotopic (exact) mass is 273 g/mol. The quantitative estimate of drug-likeness (QED) is 0.827. The van der Waals surface area contributed by atoms with Crippen molar-refractivity contribution < 1.29 is 18.3 Å². The number of aliphatic hydroxyl groups is 1. The number of halogens is 3. The molecule has 0 saturated heterocycles. The normalized spacial score (nSPS) is 18.5. The van der Waals surface area contributed by atoms with Crippen LogP contribution in [0, 0.1) is 17.5 Å². The van der Waals surface area contributed by atoms with E-state index in [1.807, 2.05) is 0 Å². The molecule has 1 aliphatic carbocycles. The summed E-state index contributed by atoms with van der Waals surface area (Å²) >= 11 is 0. The zero-order chi connectivity index (χ0) is 13.9. The average Bonchev–Trinajstić information content (AvgIpc) is 2.36. The van der Waals surface area contributed by atoms with E-state index in [0.717, 1.165) is 44.2 Å². The Labute approximate surface area is 110 Å². The smallest absolute Gasteiger partial charge is 0.194 e. The molecule has 0 atom stereocenters. The van der Waals surface area contributed by atoms with Crippen LogP contribution in [0.3, 0.4) is 0 Å². The lowest BCUT2D eigenvalue weighted by molar-refractivity contribution is 0.00467. The van der Waals surface area contributed by atoms with Crippen molar-refractivity contribution in [2.45, 2.75) is 44.2 Å². The van der Waals surface area contributed by atoms with Gasteiger partial charge in [0.1, 0.15) is 0 Å². The molecule has 1 aliphatic rings. The molecule has 1 aromatic carbocycles. The Kier molecular flexibility index (Phi) is 4.47. The van der Waals surface area contributed by atoms with Gasteiger partial charge in [-0.2, -0.15) is 0 Å². The van der Waals surface area contributed by atoms with Crippen molar-refractivity contribution in [3.63, 3.8) is 0 Å². The van der Waals surface area contributed by atoms with Gasteiger partial charge in [0, 0.05) is 13.1 Å². The molecular weight excluding hydrogens is 255 g/mol. The Hall–Kier alpha value is -1.07. The highest BCUT2D eigenvalue weighted by Crippen LogP contribution is 2.27. The van der Waals surface area contributed by atoms with Gasteiger partial charge in [0.2, 0.25) is 0 Å². The van der Waals surface area contributed by atoms with Crippen LogP contribution in [0.25, 0.3) is 0 Å². The first-order chi connectivity index (χ1) is 9.00. The zero-order valence-electron chi connectivity index (χ0n) is 10.7. The second-order valence-corrected chi connectivity index (χ2v) is 5.26. The van der Waals surface area contributed by atoms with Crippen molar-refractivity contribution in [2.75, 3.05) is 6.54 Å². The predicted molar refractivity (Wildman–Crippen MR) is 66.1 cm³/mol. The van der Waals surface area contributed by atoms with Gasteiger partial charge in [-0.05, 0) is 30.5 Å². The molecule has 5 heteroatoms. The van der Waals surface area contributed by atoms with Gasteiger partial charge >= 0.3 is 0 Å². The van der Waals surface area contributed by atoms with Gasteiger partial charge in [0.05, 0.1) is 5.60 Å². The number of nitrogens with one attached hydrogen (secondary N) is 1. The maximum absolute atomic E-state index is 13.0. The van der Waals surface area contributed by atoms with Crippen molar-refractivity contribution in [3.8, 4) is 0 Å². The summed E-state index contributed by atoms with van der Waals surface area (Å²) in [5.74, 6) is -3.82. The molecule has 106 valence electrons. The summed E-state index contributed by atoms with van der Waals surface area (Å²) in [6, 6.07) is 1.94. The minimum atomic E-state index is -1.45. The molecule has 0 radical (unpaired) electrons. The highest BCUT2D eigenvalue weighted by molar-refractivity contribution is 5.19. The van der Waals surface area contributed by atoms with Gasteiger partial charge in [-0.1, -0.05) is 19.3 Å². The molecule has 0 spiro atoms. The zero-order valence-corrected chi connectivity index (χ0v) is 10.7. The van der Waals surface area contributed by atoms with E-state index in [-0.39, 0.29) is 6.54 Å². The molecule has 0 aliphatic heterocycles. The molecule has 0 heterocycles. The van der Waals surface area contributed by atoms with Gasteiger partial charge in [-0.15, -0.1) is 0 Å². The fourth-order valence-electron chi connectivity index (χ4n) is 2.54. The van der Waals surface area contributed by atoms with E-state index in [2.05, 4.69) is 5.32 Å². The highest BCUT2D eigenvalue weighted by Gasteiger charge is 2.28. The second-order valence-electron chi connectivity index (χ2n) is 5.26. The topological polar surface area (TPSA) is 32.3 Å². The van der Waals surface area contributed by atoms with Crippen LogP contribution < -0.4 is 5.32 Å². The summed E-state index contributed by atoms with van der Waals surface area (Å²) in [5.41, 5.74) is -0.397. The number of benzene rings is 1. The van der Waals surface area contributed by atoms with Crippen molar-refractivity contribution in [3.05, 3.63) is 35.1 Å². The van der Waals surface area contributed by atoms with E-state index in [9.17, 15) is 18.3 Å². The molecule has 0 unspecified atom stereocenters. The summed E-state index contributed by atoms with van der Waals surface area (Å²) < 4.78 is 38.8. The van der Waals surface area contributed by atoms with Crippen LogP contribution in [0.1, 0.15) is 37.7 Å². The first-order valence-electron chi connectivity index (χ1n) is 6.57. The van der Waals surface area contributed by atoms with Crippen molar-refractivity contribution in [1.29, 1.82) is 0 Å². The molecule has 1 saturated carbocycles. The lowest BCUT2D eigenvalue weighted by Gasteiger charge is -2.32. The van der Waals surface area contributed by atoms with Crippen LogP contribution in [0.2, 0.25) is 0 Å². The van der Waals surface area contributed by atoms with Crippen molar-refractivity contribution in [2.24, 2.45) is 0 Å². The lowest BCUT2D eigenvalue weighted by Crippen LogP contribution is -2.41. The van der Waals surface area contributed by atoms with Gasteiger partial charge in [-0.3, -0.25) is 0 Å². The molecule has 1 aromatic rings. The SMILES string of the molecule is OC1(CNCc2cc(F)c(F)c(F)c2)CCCCC1. The van der Waals surface area contributed by atoms with Crippen molar-refractivity contribution >= 4 is 0 Å². The lowest BCUT2D eigenvalue weighted by atomic mass is 9.85. The highest BCUT2D eigenvalue weighted by atomic mass is 19.2. The summed E-state index contributed by atoms with van der Waals surface area (Å²) in [5, 5.41) is 13.2. The number of hydrogen-bond acceptors (Lipinski definition) is 2. The van der Waals surface area contributed by atoms with Crippen LogP contribution in [0.5, 0.6) is 0 Å². The third-order valence-corrected chi connectivity index (χ3v) is 3.61. The standard InChI is InChI=1S/C14H18F3NO/c15-11-6-10(7-12(16)13(11)17)8-18-9-14(19)4-2-1-3-5-14/h6-7,18-19H,1-5,8-9H2. The Balaban J connectivity index is 1.89. The number of hydrogen-bond donors (Lipinski definition) is 2. The molecule has 1 fully saturated rings. The second kappa shape index (κ2) is 5.92. The summed E-state index contributed by atoms with van der Waals surface area (Å²) in [6.45, 7) is 0.587. The average molecular weight is 273 g/mol. The molecule has 2 rings (SSSR count). The van der Waals surface area contributed by atoms with E-state index in [4.69, 9.17) is 0 Å². The van der Waals surface area contributed by atoms with E-state index in [1.165, 1.54) is 0 Å². The van der Waals surface area contributed by atoms with Crippen LogP contribution in [-0.4, -0.2) is 17.3 Å². The maximum atomic E-state index is 13.0. The third-order valence-electron chi connectivity index (χ3n) is 3.61. The van der Waals surface area contributed by atoms with Crippen LogP contribution in [0.4, 0.5) is 13.2 Å². The van der Waals surface area contributed by atoms with Gasteiger partial charge in [0.15, 0.2) is 17.5 Å². The van der Waals surface area contributed by atoms with Crippen molar-refractivity contribution in [1.82, 2.24) is 5.32 Å². The fourth-order valence-corrected chi connectivity index (χ4v) is 2.54.